The van der Waals surface area contributed by atoms with Crippen LogP contribution in [0.5, 0.6) is 0 Å². The van der Waals surface area contributed by atoms with Crippen LogP contribution in [-0.4, -0.2) is 0 Å². The highest BCUT2D eigenvalue weighted by Gasteiger charge is 2.46. The first kappa shape index (κ1) is 41.6. The van der Waals surface area contributed by atoms with Crippen molar-refractivity contribution in [2.24, 2.45) is 0 Å². The van der Waals surface area contributed by atoms with E-state index in [-0.39, 0.29) is 5.41 Å². The molecule has 11 aromatic carbocycles. The molecule has 3 heteroatoms. The molecule has 0 radical (unpaired) electrons. The smallest absolute Gasteiger partial charge is 0.143 e. The van der Waals surface area contributed by atoms with E-state index < -0.39 is 5.41 Å². The number of fused-ring (bicyclic) bond motifs is 12. The van der Waals surface area contributed by atoms with Gasteiger partial charge in [-0.2, -0.15) is 0 Å². The Bertz CT molecular complexity index is 4310. The molecule has 344 valence electrons. The second kappa shape index (κ2) is 15.7. The lowest BCUT2D eigenvalue weighted by atomic mass is 9.68. The first-order chi connectivity index (χ1) is 35.9. The third-order valence-corrected chi connectivity index (χ3v) is 16.2. The van der Waals surface area contributed by atoms with E-state index in [0.29, 0.717) is 0 Å². The number of hydrogen-bond donors (Lipinski definition) is 0. The Morgan fingerprint density at radius 2 is 0.808 bits per heavy atom. The van der Waals surface area contributed by atoms with Gasteiger partial charge in [0.2, 0.25) is 0 Å². The third-order valence-electron chi connectivity index (χ3n) is 16.2. The van der Waals surface area contributed by atoms with E-state index in [0.717, 1.165) is 72.1 Å². The van der Waals surface area contributed by atoms with Gasteiger partial charge in [0.1, 0.15) is 22.3 Å². The fourth-order valence-electron chi connectivity index (χ4n) is 12.7. The van der Waals surface area contributed by atoms with Crippen LogP contribution >= 0.6 is 0 Å². The van der Waals surface area contributed by atoms with Gasteiger partial charge in [0, 0.05) is 49.6 Å². The molecule has 0 N–H and O–H groups in total. The van der Waals surface area contributed by atoms with E-state index in [9.17, 15) is 0 Å². The topological polar surface area (TPSA) is 29.5 Å². The number of hydrogen-bond acceptors (Lipinski definition) is 3. The Morgan fingerprint density at radius 1 is 0.301 bits per heavy atom. The molecule has 2 heterocycles. The van der Waals surface area contributed by atoms with E-state index in [4.69, 9.17) is 8.83 Å². The van der Waals surface area contributed by atoms with E-state index >= 15 is 0 Å². The molecule has 0 saturated heterocycles. The molecule has 13 aromatic rings. The normalized spacial score (nSPS) is 13.8. The number of nitrogens with zero attached hydrogens (tertiary/aromatic N) is 1. The van der Waals surface area contributed by atoms with Gasteiger partial charge >= 0.3 is 0 Å². The summed E-state index contributed by atoms with van der Waals surface area (Å²) in [5, 5.41) is 4.54. The highest BCUT2D eigenvalue weighted by molar-refractivity contribution is 6.10. The molecular weight excluding hydrogens is 887 g/mol. The molecule has 0 spiro atoms. The van der Waals surface area contributed by atoms with Gasteiger partial charge in [-0.3, -0.25) is 0 Å². The Kier molecular flexibility index (Phi) is 8.92. The minimum atomic E-state index is -0.489. The third kappa shape index (κ3) is 6.06. The molecule has 2 aromatic heterocycles. The molecule has 0 aliphatic heterocycles. The van der Waals surface area contributed by atoms with Crippen molar-refractivity contribution < 1.29 is 8.83 Å². The molecule has 15 rings (SSSR count). The van der Waals surface area contributed by atoms with E-state index in [1.54, 1.807) is 0 Å². The molecule has 0 unspecified atom stereocenters. The van der Waals surface area contributed by atoms with Crippen molar-refractivity contribution >= 4 is 60.9 Å². The summed E-state index contributed by atoms with van der Waals surface area (Å²) in [5.74, 6) is 0. The van der Waals surface area contributed by atoms with Gasteiger partial charge in [0.25, 0.3) is 0 Å². The van der Waals surface area contributed by atoms with Crippen LogP contribution in [0.3, 0.4) is 0 Å². The molecule has 0 amide bonds. The predicted molar refractivity (Wildman–Crippen MR) is 301 cm³/mol. The van der Waals surface area contributed by atoms with Crippen LogP contribution in [0, 0.1) is 0 Å². The summed E-state index contributed by atoms with van der Waals surface area (Å²) in [5.41, 5.74) is 23.5. The molecule has 0 saturated carbocycles. The van der Waals surface area contributed by atoms with Crippen molar-refractivity contribution in [1.82, 2.24) is 0 Å². The maximum atomic E-state index is 6.54. The molecule has 0 fully saturated rings. The van der Waals surface area contributed by atoms with Crippen LogP contribution < -0.4 is 4.90 Å². The number of furan rings is 2. The first-order valence-electron chi connectivity index (χ1n) is 25.3. The van der Waals surface area contributed by atoms with E-state index in [2.05, 4.69) is 249 Å². The molecule has 0 atom stereocenters. The number of rotatable bonds is 7. The van der Waals surface area contributed by atoms with Crippen molar-refractivity contribution in [1.29, 1.82) is 0 Å². The molecule has 0 bridgehead atoms. The molecular formula is C70H47NO2. The van der Waals surface area contributed by atoms with Gasteiger partial charge in [-0.1, -0.05) is 196 Å². The minimum absolute atomic E-state index is 0.272. The summed E-state index contributed by atoms with van der Waals surface area (Å²) in [7, 11) is 0. The largest absolute Gasteiger partial charge is 0.456 e. The zero-order chi connectivity index (χ0) is 48.4. The summed E-state index contributed by atoms with van der Waals surface area (Å²) >= 11 is 0. The van der Waals surface area contributed by atoms with Gasteiger partial charge in [-0.25, -0.2) is 0 Å². The average molecular weight is 934 g/mol. The summed E-state index contributed by atoms with van der Waals surface area (Å²) in [6, 6.07) is 91.2. The van der Waals surface area contributed by atoms with Gasteiger partial charge in [0.15, 0.2) is 0 Å². The van der Waals surface area contributed by atoms with Crippen molar-refractivity contribution in [3.8, 4) is 44.5 Å². The van der Waals surface area contributed by atoms with Crippen molar-refractivity contribution in [2.45, 2.75) is 24.7 Å². The quantitative estimate of drug-likeness (QED) is 0.159. The number of benzene rings is 11. The Labute approximate surface area is 423 Å². The van der Waals surface area contributed by atoms with Crippen molar-refractivity contribution in [3.63, 3.8) is 0 Å². The predicted octanol–water partition coefficient (Wildman–Crippen LogP) is 19.0. The molecule has 2 aliphatic carbocycles. The van der Waals surface area contributed by atoms with Crippen LogP contribution in [-0.2, 0) is 10.8 Å². The highest BCUT2D eigenvalue weighted by Crippen LogP contribution is 2.58. The Hall–Kier alpha value is -9.18. The zero-order valence-electron chi connectivity index (χ0n) is 40.4. The summed E-state index contributed by atoms with van der Waals surface area (Å²) in [4.78, 5) is 2.45. The lowest BCUT2D eigenvalue weighted by Gasteiger charge is -2.34. The van der Waals surface area contributed by atoms with Crippen LogP contribution in [0.1, 0.15) is 47.2 Å². The van der Waals surface area contributed by atoms with Crippen molar-refractivity contribution in [3.05, 3.63) is 282 Å². The van der Waals surface area contributed by atoms with E-state index in [1.807, 2.05) is 18.2 Å². The van der Waals surface area contributed by atoms with Gasteiger partial charge in [-0.15, -0.1) is 0 Å². The van der Waals surface area contributed by atoms with Gasteiger partial charge in [0.05, 0.1) is 5.41 Å². The van der Waals surface area contributed by atoms with Crippen LogP contribution in [0.4, 0.5) is 17.1 Å². The maximum absolute atomic E-state index is 6.54. The van der Waals surface area contributed by atoms with Crippen LogP contribution in [0.2, 0.25) is 0 Å². The SMILES string of the molecule is CC1(C)c2cc(-c3ccc4oc5ccccc5c4c3)ccc2-c2ccc(N(c3ccc(-c4cccc5c4oc4ccccc45)cc3)c3ccc4c(c3)-c3ccccc3C4(c3ccccc3)c3ccccc3)cc21. The molecule has 2 aliphatic rings. The lowest BCUT2D eigenvalue weighted by Crippen LogP contribution is -2.28. The Balaban J connectivity index is 0.886. The van der Waals surface area contributed by atoms with Crippen LogP contribution in [0.15, 0.2) is 258 Å². The summed E-state index contributed by atoms with van der Waals surface area (Å²) in [6.45, 7) is 4.77. The van der Waals surface area contributed by atoms with Gasteiger partial charge < -0.3 is 13.7 Å². The average Bonchev–Trinajstić information content (AvgIpc) is 4.17. The Morgan fingerprint density at radius 3 is 1.58 bits per heavy atom. The lowest BCUT2D eigenvalue weighted by molar-refractivity contribution is 0.660. The standard InChI is InChI=1S/C70H47NO2/c1-69(2)63-41-46(45-31-39-67-60(40-45)57-22-11-13-26-65(57)72-67)30-36-54(63)55-37-34-51(43-64(55)69)71(49-32-28-44(29-33-49)52-23-15-24-58-56-21-10-14-27-66(56)73-68(52)58)50-35-38-62-59(42-50)53-20-9-12-25-61(53)70(62,47-16-5-3-6-17-47)48-18-7-4-8-19-48/h3-43H,1-2H3. The second-order valence-electron chi connectivity index (χ2n) is 20.3. The number of anilines is 3. The van der Waals surface area contributed by atoms with E-state index in [1.165, 1.54) is 66.8 Å². The summed E-state index contributed by atoms with van der Waals surface area (Å²) in [6.07, 6.45) is 0. The minimum Gasteiger partial charge on any atom is -0.456 e. The van der Waals surface area contributed by atoms with Gasteiger partial charge in [-0.05, 0) is 139 Å². The second-order valence-corrected chi connectivity index (χ2v) is 20.3. The maximum Gasteiger partial charge on any atom is 0.143 e. The fourth-order valence-corrected chi connectivity index (χ4v) is 12.7. The zero-order valence-corrected chi connectivity index (χ0v) is 40.4. The molecule has 73 heavy (non-hydrogen) atoms. The summed E-state index contributed by atoms with van der Waals surface area (Å²) < 4.78 is 12.8. The van der Waals surface area contributed by atoms with Crippen LogP contribution in [0.25, 0.3) is 88.4 Å². The highest BCUT2D eigenvalue weighted by atomic mass is 16.3. The molecule has 3 nitrogen and oxygen atoms in total. The fraction of sp³-hybridized carbons (Fsp3) is 0.0571. The van der Waals surface area contributed by atoms with Crippen molar-refractivity contribution in [2.75, 3.05) is 4.90 Å². The number of para-hydroxylation sites is 3. The first-order valence-corrected chi connectivity index (χ1v) is 25.3. The monoisotopic (exact) mass is 933 g/mol.